The van der Waals surface area contributed by atoms with Gasteiger partial charge in [0.25, 0.3) is 0 Å². The van der Waals surface area contributed by atoms with Crippen molar-refractivity contribution < 1.29 is 0 Å². The second-order valence-electron chi connectivity index (χ2n) is 27.0. The first-order chi connectivity index (χ1) is 38.8. The summed E-state index contributed by atoms with van der Waals surface area (Å²) in [6.07, 6.45) is 0. The predicted octanol–water partition coefficient (Wildman–Crippen LogP) is 19.3. The Morgan fingerprint density at radius 1 is 0.183 bits per heavy atom. The molecule has 0 atom stereocenters. The molecule has 0 aliphatic heterocycles. The molecule has 0 radical (unpaired) electrons. The molecule has 0 N–H and O–H groups in total. The average molecular weight is 1060 g/mol. The van der Waals surface area contributed by atoms with Crippen LogP contribution in [0.4, 0.5) is 0 Å². The first kappa shape index (κ1) is 56.1. The van der Waals surface area contributed by atoms with Crippen LogP contribution in [-0.2, 0) is 27.1 Å². The van der Waals surface area contributed by atoms with Gasteiger partial charge in [-0.1, -0.05) is 285 Å². The van der Waals surface area contributed by atoms with Crippen molar-refractivity contribution in [3.8, 4) is 127 Å². The summed E-state index contributed by atoms with van der Waals surface area (Å²) < 4.78 is 0. The predicted molar refractivity (Wildman–Crippen MR) is 348 cm³/mol. The van der Waals surface area contributed by atoms with Crippen molar-refractivity contribution in [2.45, 2.75) is 131 Å². The van der Waals surface area contributed by atoms with Gasteiger partial charge in [0.05, 0.1) is 0 Å². The summed E-state index contributed by atoms with van der Waals surface area (Å²) in [6, 6.07) is 59.2. The fourth-order valence-corrected chi connectivity index (χ4v) is 10.6. The first-order valence-electron chi connectivity index (χ1n) is 28.7. The zero-order valence-corrected chi connectivity index (χ0v) is 50.6. The van der Waals surface area contributed by atoms with Crippen molar-refractivity contribution in [3.05, 3.63) is 236 Å². The van der Waals surface area contributed by atoms with Crippen LogP contribution in [0.2, 0.25) is 0 Å². The van der Waals surface area contributed by atoms with Crippen LogP contribution in [0.15, 0.2) is 164 Å². The van der Waals surface area contributed by atoms with Gasteiger partial charge in [0, 0.05) is 44.5 Å². The molecule has 0 saturated heterocycles. The maximum absolute atomic E-state index is 3.57. The quantitative estimate of drug-likeness (QED) is 0.133. The van der Waals surface area contributed by atoms with Gasteiger partial charge >= 0.3 is 0 Å². The SMILES string of the molecule is CC(C)(C)c1ccc2ccc(C#Cc3cc(C#CC#Cc4cc(C#CC#Cc5cc(C#Cc6ccc7ccc(C(C)(C)C)ccc6-7)c6ccc(C(C)(C)C)ccc5-6)c5ccc(C(C)(C)C)ccc4-5)c4ccc(C(C)(C)C)ccc3-4)c-2cc1. The maximum atomic E-state index is 3.57. The topological polar surface area (TPSA) is 0 Å². The largest absolute Gasteiger partial charge is 0.0610 e. The Balaban J connectivity index is 1.00. The van der Waals surface area contributed by atoms with Crippen molar-refractivity contribution in [1.29, 1.82) is 0 Å². The van der Waals surface area contributed by atoms with E-state index in [1.54, 1.807) is 0 Å². The zero-order valence-electron chi connectivity index (χ0n) is 50.6. The Labute approximate surface area is 491 Å². The van der Waals surface area contributed by atoms with E-state index in [0.29, 0.717) is 0 Å². The van der Waals surface area contributed by atoms with Crippen LogP contribution in [0.25, 0.3) is 55.6 Å². The zero-order chi connectivity index (χ0) is 58.4. The van der Waals surface area contributed by atoms with Crippen LogP contribution >= 0.6 is 0 Å². The third-order valence-electron chi connectivity index (χ3n) is 15.8. The van der Waals surface area contributed by atoms with Crippen molar-refractivity contribution in [3.63, 3.8) is 0 Å². The minimum atomic E-state index is -0.0484. The smallest absolute Gasteiger partial charge is 0.0347 e. The van der Waals surface area contributed by atoms with Crippen molar-refractivity contribution in [2.24, 2.45) is 0 Å². The monoisotopic (exact) mass is 1060 g/mol. The molecule has 10 aliphatic rings. The van der Waals surface area contributed by atoms with Gasteiger partial charge < -0.3 is 0 Å². The van der Waals surface area contributed by atoms with Crippen LogP contribution in [0.3, 0.4) is 0 Å². The highest BCUT2D eigenvalue weighted by Gasteiger charge is 2.22. The fraction of sp³-hybridized carbons (Fsp3) is 0.244. The lowest BCUT2D eigenvalue weighted by atomic mass is 9.88. The second kappa shape index (κ2) is 21.7. The van der Waals surface area contributed by atoms with Crippen LogP contribution in [0.5, 0.6) is 0 Å². The third kappa shape index (κ3) is 12.1. The van der Waals surface area contributed by atoms with E-state index in [1.807, 2.05) is 0 Å². The van der Waals surface area contributed by atoms with E-state index < -0.39 is 0 Å². The second-order valence-corrected chi connectivity index (χ2v) is 27.0. The van der Waals surface area contributed by atoms with Gasteiger partial charge in [-0.15, -0.1) is 0 Å². The van der Waals surface area contributed by atoms with E-state index in [4.69, 9.17) is 0 Å². The van der Waals surface area contributed by atoms with E-state index in [9.17, 15) is 0 Å². The van der Waals surface area contributed by atoms with Gasteiger partial charge in [-0.05, 0) is 165 Å². The Morgan fingerprint density at radius 3 is 0.598 bits per heavy atom. The van der Waals surface area contributed by atoms with E-state index in [0.717, 1.165) is 89.0 Å². The molecule has 82 heavy (non-hydrogen) atoms. The molecule has 0 spiro atoms. The highest BCUT2D eigenvalue weighted by Crippen LogP contribution is 2.38. The lowest BCUT2D eigenvalue weighted by Gasteiger charge is -2.17. The van der Waals surface area contributed by atoms with Crippen molar-refractivity contribution in [1.82, 2.24) is 0 Å². The Morgan fingerprint density at radius 2 is 0.366 bits per heavy atom. The molecule has 400 valence electrons. The molecule has 10 aliphatic carbocycles. The van der Waals surface area contributed by atoms with Gasteiger partial charge in [0.2, 0.25) is 0 Å². The molecule has 0 nitrogen and oxygen atoms in total. The molecule has 0 heteroatoms. The highest BCUT2D eigenvalue weighted by molar-refractivity contribution is 5.86. The maximum Gasteiger partial charge on any atom is 0.0347 e. The molecule has 0 bridgehead atoms. The first-order valence-corrected chi connectivity index (χ1v) is 28.7. The van der Waals surface area contributed by atoms with Crippen LogP contribution in [0, 0.1) is 71.0 Å². The summed E-state index contributed by atoms with van der Waals surface area (Å²) in [7, 11) is 0. The van der Waals surface area contributed by atoms with Gasteiger partial charge in [-0.25, -0.2) is 0 Å². The Hall–Kier alpha value is -9.14. The summed E-state index contributed by atoms with van der Waals surface area (Å²) in [5.41, 5.74) is 24.7. The minimum absolute atomic E-state index is 0.0255. The van der Waals surface area contributed by atoms with Crippen molar-refractivity contribution in [2.75, 3.05) is 0 Å². The summed E-state index contributed by atoms with van der Waals surface area (Å²) in [4.78, 5) is 0. The lowest BCUT2D eigenvalue weighted by molar-refractivity contribution is 0.590. The summed E-state index contributed by atoms with van der Waals surface area (Å²) in [6.45, 7) is 33.7. The normalized spacial score (nSPS) is 11.7. The van der Waals surface area contributed by atoms with E-state index in [1.165, 1.54) is 38.9 Å². The van der Waals surface area contributed by atoms with E-state index >= 15 is 0 Å². The molecule has 10 rings (SSSR count). The van der Waals surface area contributed by atoms with Gasteiger partial charge in [0.1, 0.15) is 0 Å². The number of rotatable bonds is 0. The summed E-state index contributed by atoms with van der Waals surface area (Å²) in [5.74, 6) is 41.0. The van der Waals surface area contributed by atoms with Crippen LogP contribution < -0.4 is 0 Å². The lowest BCUT2D eigenvalue weighted by Crippen LogP contribution is -2.09. The van der Waals surface area contributed by atoms with Crippen LogP contribution in [-0.4, -0.2) is 0 Å². The number of hydrogen-bond donors (Lipinski definition) is 0. The van der Waals surface area contributed by atoms with Gasteiger partial charge in [-0.3, -0.25) is 0 Å². The molecule has 0 fully saturated rings. The summed E-state index contributed by atoms with van der Waals surface area (Å²) in [5, 5.41) is 0. The van der Waals surface area contributed by atoms with Gasteiger partial charge in [0.15, 0.2) is 0 Å². The molecular formula is C82H72. The third-order valence-corrected chi connectivity index (χ3v) is 15.8. The van der Waals surface area contributed by atoms with Gasteiger partial charge in [-0.2, -0.15) is 0 Å². The molecule has 0 aromatic carbocycles. The highest BCUT2D eigenvalue weighted by atomic mass is 14.3. The number of fused-ring (bicyclic) bond motifs is 5. The standard InChI is InChI=1S/C82H72/c1-78(2,3)65-34-32-57-26-24-55(70(57)44-36-65)28-30-63-53-61(74-48-40-68(81(10,11)12)42-50-76(63)74)22-18-16-20-59-52-60(73-47-39-67(80(7,8)9)38-46-72(59)73)21-17-19-23-62-54-64(77-51-43-69(82(13,14)15)41-49-75(62)77)31-29-56-25-27-58-33-35-66(79(4,5)6)37-45-71(56)58/h24-27,32-54H,1-15H3. The van der Waals surface area contributed by atoms with Crippen LogP contribution in [0.1, 0.15) is 176 Å². The molecule has 0 aromatic heterocycles. The van der Waals surface area contributed by atoms with E-state index in [-0.39, 0.29) is 27.1 Å². The summed E-state index contributed by atoms with van der Waals surface area (Å²) >= 11 is 0. The molecular weight excluding hydrogens is 985 g/mol. The average Bonchev–Trinajstić information content (AvgIpc) is 4.16. The molecule has 0 unspecified atom stereocenters. The molecule has 0 amide bonds. The Kier molecular flexibility index (Phi) is 14.9. The van der Waals surface area contributed by atoms with E-state index in [2.05, 4.69) is 339 Å². The fourth-order valence-electron chi connectivity index (χ4n) is 10.6. The minimum Gasteiger partial charge on any atom is -0.0610 e. The molecule has 0 heterocycles. The molecule has 0 saturated carbocycles. The Bertz CT molecular complexity index is 4080. The number of hydrogen-bond acceptors (Lipinski definition) is 0. The molecule has 0 aromatic rings. The van der Waals surface area contributed by atoms with Crippen molar-refractivity contribution >= 4 is 0 Å².